The van der Waals surface area contributed by atoms with Crippen LogP contribution in [0.15, 0.2) is 60.3 Å². The molecule has 1 N–H and O–H groups in total. The van der Waals surface area contributed by atoms with Crippen LogP contribution in [-0.2, 0) is 11.3 Å². The topological polar surface area (TPSA) is 96.7 Å². The van der Waals surface area contributed by atoms with Gasteiger partial charge in [0.1, 0.15) is 18.1 Å². The van der Waals surface area contributed by atoms with Crippen molar-refractivity contribution in [3.05, 3.63) is 60.9 Å². The zero-order valence-corrected chi connectivity index (χ0v) is 20.0. The lowest BCUT2D eigenvalue weighted by Crippen LogP contribution is -2.25. The van der Waals surface area contributed by atoms with Crippen LogP contribution in [0.25, 0.3) is 0 Å². The van der Waals surface area contributed by atoms with Crippen molar-refractivity contribution in [3.8, 4) is 23.0 Å². The van der Waals surface area contributed by atoms with Crippen molar-refractivity contribution in [1.82, 2.24) is 14.8 Å². The van der Waals surface area contributed by atoms with Crippen molar-refractivity contribution in [2.75, 3.05) is 26.1 Å². The van der Waals surface area contributed by atoms with E-state index in [4.69, 9.17) is 18.9 Å². The number of nitrogens with zero attached hydrogens (tertiary/aromatic N) is 3. The minimum atomic E-state index is -0.456. The number of anilines is 1. The molecule has 1 aliphatic rings. The number of fused-ring (bicyclic) bond motifs is 1. The standard InChI is InChI=1S/C24H26N4O5S/c1-5-10-28-22(21-14-32-19-8-6-7-9-20(19)33-21)26-27-24(28)34-15(2)23(29)25-16-11-17(30-3)13-18(12-16)31-4/h5-9,11-13,15,21H,1,10,14H2,2-4H3,(H,25,29)/t15-,21-/m1/s1. The number of amides is 1. The Bertz CT molecular complexity index is 1160. The van der Waals surface area contributed by atoms with Crippen molar-refractivity contribution >= 4 is 23.4 Å². The summed E-state index contributed by atoms with van der Waals surface area (Å²) in [6.45, 7) is 6.42. The van der Waals surface area contributed by atoms with E-state index in [0.29, 0.717) is 52.8 Å². The minimum absolute atomic E-state index is 0.193. The van der Waals surface area contributed by atoms with Crippen molar-refractivity contribution in [3.63, 3.8) is 0 Å². The molecular weight excluding hydrogens is 456 g/mol. The maximum atomic E-state index is 12.9. The molecule has 0 radical (unpaired) electrons. The molecule has 34 heavy (non-hydrogen) atoms. The van der Waals surface area contributed by atoms with E-state index in [2.05, 4.69) is 22.1 Å². The Morgan fingerprint density at radius 1 is 1.24 bits per heavy atom. The van der Waals surface area contributed by atoms with E-state index in [0.717, 1.165) is 0 Å². The summed E-state index contributed by atoms with van der Waals surface area (Å²) in [4.78, 5) is 12.9. The van der Waals surface area contributed by atoms with Crippen LogP contribution in [0.1, 0.15) is 18.9 Å². The van der Waals surface area contributed by atoms with Gasteiger partial charge in [-0.15, -0.1) is 16.8 Å². The molecule has 9 nitrogen and oxygen atoms in total. The number of nitrogens with one attached hydrogen (secondary N) is 1. The van der Waals surface area contributed by atoms with Crippen LogP contribution in [0.5, 0.6) is 23.0 Å². The monoisotopic (exact) mass is 482 g/mol. The SMILES string of the molecule is C=CCn1c(S[C@H](C)C(=O)Nc2cc(OC)cc(OC)c2)nnc1[C@H]1COc2ccccc2O1. The maximum absolute atomic E-state index is 12.9. The molecule has 0 unspecified atom stereocenters. The van der Waals surface area contributed by atoms with Crippen LogP contribution in [-0.4, -0.2) is 46.7 Å². The van der Waals surface area contributed by atoms with Gasteiger partial charge in [0, 0.05) is 30.4 Å². The van der Waals surface area contributed by atoms with Gasteiger partial charge in [0.05, 0.1) is 19.5 Å². The van der Waals surface area contributed by atoms with E-state index in [1.165, 1.54) is 11.8 Å². The summed E-state index contributed by atoms with van der Waals surface area (Å²) in [6, 6.07) is 12.7. The van der Waals surface area contributed by atoms with Gasteiger partial charge in [-0.3, -0.25) is 9.36 Å². The lowest BCUT2D eigenvalue weighted by Gasteiger charge is -2.26. The molecule has 1 aliphatic heterocycles. The molecule has 0 saturated heterocycles. The van der Waals surface area contributed by atoms with E-state index < -0.39 is 11.4 Å². The van der Waals surface area contributed by atoms with Crippen molar-refractivity contribution in [2.45, 2.75) is 30.0 Å². The second-order valence-corrected chi connectivity index (χ2v) is 8.76. The van der Waals surface area contributed by atoms with E-state index in [-0.39, 0.29) is 5.91 Å². The predicted octanol–water partition coefficient (Wildman–Crippen LogP) is 4.11. The second-order valence-electron chi connectivity index (χ2n) is 7.45. The molecule has 3 aromatic rings. The third-order valence-corrected chi connectivity index (χ3v) is 6.20. The number of carbonyl (C=O) groups is 1. The Hall–Kier alpha value is -3.66. The van der Waals surface area contributed by atoms with Crippen LogP contribution in [0.4, 0.5) is 5.69 Å². The van der Waals surface area contributed by atoms with Crippen LogP contribution in [0.3, 0.4) is 0 Å². The number of para-hydroxylation sites is 2. The van der Waals surface area contributed by atoms with E-state index >= 15 is 0 Å². The minimum Gasteiger partial charge on any atom is -0.497 e. The molecule has 10 heteroatoms. The van der Waals surface area contributed by atoms with Gasteiger partial charge in [-0.1, -0.05) is 30.0 Å². The second kappa shape index (κ2) is 10.5. The van der Waals surface area contributed by atoms with Gasteiger partial charge in [-0.05, 0) is 19.1 Å². The van der Waals surface area contributed by atoms with Gasteiger partial charge < -0.3 is 24.3 Å². The lowest BCUT2D eigenvalue weighted by molar-refractivity contribution is -0.115. The summed E-state index contributed by atoms with van der Waals surface area (Å²) in [7, 11) is 3.12. The Kier molecular flexibility index (Phi) is 7.27. The number of carbonyl (C=O) groups excluding carboxylic acids is 1. The zero-order valence-electron chi connectivity index (χ0n) is 19.2. The zero-order chi connectivity index (χ0) is 24.1. The van der Waals surface area contributed by atoms with Crippen LogP contribution < -0.4 is 24.3 Å². The fourth-order valence-electron chi connectivity index (χ4n) is 3.41. The summed E-state index contributed by atoms with van der Waals surface area (Å²) < 4.78 is 24.4. The van der Waals surface area contributed by atoms with E-state index in [9.17, 15) is 4.79 Å². The van der Waals surface area contributed by atoms with Crippen LogP contribution in [0.2, 0.25) is 0 Å². The highest BCUT2D eigenvalue weighted by Crippen LogP contribution is 2.36. The van der Waals surface area contributed by atoms with Crippen LogP contribution in [0, 0.1) is 0 Å². The summed E-state index contributed by atoms with van der Waals surface area (Å²) in [5, 5.41) is 11.7. The van der Waals surface area contributed by atoms with Crippen molar-refractivity contribution in [2.24, 2.45) is 0 Å². The number of methoxy groups -OCH3 is 2. The number of aromatic nitrogens is 3. The molecule has 1 amide bonds. The van der Waals surface area contributed by atoms with Crippen LogP contribution >= 0.6 is 11.8 Å². The highest BCUT2D eigenvalue weighted by atomic mass is 32.2. The fraction of sp³-hybridized carbons (Fsp3) is 0.292. The number of benzene rings is 2. The third-order valence-electron chi connectivity index (χ3n) is 5.12. The van der Waals surface area contributed by atoms with Crippen molar-refractivity contribution in [1.29, 1.82) is 0 Å². The normalized spacial score (nSPS) is 15.3. The Morgan fingerprint density at radius 3 is 2.62 bits per heavy atom. The summed E-state index contributed by atoms with van der Waals surface area (Å²) in [5.41, 5.74) is 0.577. The number of allylic oxidation sites excluding steroid dienone is 1. The molecule has 0 spiro atoms. The van der Waals surface area contributed by atoms with Gasteiger partial charge in [-0.2, -0.15) is 0 Å². The maximum Gasteiger partial charge on any atom is 0.237 e. The summed E-state index contributed by atoms with van der Waals surface area (Å²) in [6.07, 6.45) is 1.33. The molecule has 2 atom stereocenters. The molecule has 0 fully saturated rings. The molecule has 1 aromatic heterocycles. The molecular formula is C24H26N4O5S. The molecule has 0 aliphatic carbocycles. The Labute approximate surface area is 202 Å². The first-order valence-electron chi connectivity index (χ1n) is 10.7. The van der Waals surface area contributed by atoms with E-state index in [1.54, 1.807) is 45.4 Å². The van der Waals surface area contributed by atoms with E-state index in [1.807, 2.05) is 28.8 Å². The molecule has 2 aromatic carbocycles. The number of hydrogen-bond acceptors (Lipinski definition) is 8. The number of hydrogen-bond donors (Lipinski definition) is 1. The number of rotatable bonds is 9. The highest BCUT2D eigenvalue weighted by Gasteiger charge is 2.29. The van der Waals surface area contributed by atoms with Gasteiger partial charge in [0.25, 0.3) is 0 Å². The fourth-order valence-corrected chi connectivity index (χ4v) is 4.27. The van der Waals surface area contributed by atoms with Gasteiger partial charge in [0.2, 0.25) is 5.91 Å². The predicted molar refractivity (Wildman–Crippen MR) is 129 cm³/mol. The quantitative estimate of drug-likeness (QED) is 0.360. The Balaban J connectivity index is 1.49. The average molecular weight is 483 g/mol. The lowest BCUT2D eigenvalue weighted by atomic mass is 10.2. The smallest absolute Gasteiger partial charge is 0.237 e. The first kappa shape index (κ1) is 23.5. The average Bonchev–Trinajstić information content (AvgIpc) is 3.25. The molecule has 178 valence electrons. The molecule has 0 bridgehead atoms. The molecule has 2 heterocycles. The number of ether oxygens (including phenoxy) is 4. The molecule has 0 saturated carbocycles. The molecule has 4 rings (SSSR count). The Morgan fingerprint density at radius 2 is 1.94 bits per heavy atom. The highest BCUT2D eigenvalue weighted by molar-refractivity contribution is 8.00. The van der Waals surface area contributed by atoms with Gasteiger partial charge in [-0.25, -0.2) is 0 Å². The van der Waals surface area contributed by atoms with Crippen molar-refractivity contribution < 1.29 is 23.7 Å². The first-order chi connectivity index (χ1) is 16.5. The third kappa shape index (κ3) is 5.12. The van der Waals surface area contributed by atoms with Gasteiger partial charge in [0.15, 0.2) is 28.6 Å². The van der Waals surface area contributed by atoms with Gasteiger partial charge >= 0.3 is 0 Å². The summed E-state index contributed by atoms with van der Waals surface area (Å²) >= 11 is 1.30. The first-order valence-corrected chi connectivity index (χ1v) is 11.5. The largest absolute Gasteiger partial charge is 0.497 e. The summed E-state index contributed by atoms with van der Waals surface area (Å²) in [5.74, 6) is 2.94. The number of thioether (sulfide) groups is 1.